The Morgan fingerprint density at radius 2 is 1.76 bits per heavy atom. The Morgan fingerprint density at radius 1 is 1.05 bits per heavy atom. The van der Waals surface area contributed by atoms with Crippen LogP contribution in [0.3, 0.4) is 0 Å². The van der Waals surface area contributed by atoms with Crippen LogP contribution in [0, 0.1) is 13.8 Å². The van der Waals surface area contributed by atoms with E-state index in [1.54, 1.807) is 0 Å². The summed E-state index contributed by atoms with van der Waals surface area (Å²) in [5.74, 6) is 1.39. The van der Waals surface area contributed by atoms with Gasteiger partial charge in [0, 0.05) is 25.1 Å². The maximum atomic E-state index is 4.85. The van der Waals surface area contributed by atoms with Gasteiger partial charge in [-0.15, -0.1) is 0 Å². The summed E-state index contributed by atoms with van der Waals surface area (Å²) in [7, 11) is 0. The number of nitrogens with one attached hydrogen (secondary N) is 1. The molecule has 0 saturated carbocycles. The summed E-state index contributed by atoms with van der Waals surface area (Å²) < 4.78 is 0. The number of rotatable bonds is 3. The summed E-state index contributed by atoms with van der Waals surface area (Å²) in [6.45, 7) is 10.5. The van der Waals surface area contributed by atoms with E-state index in [4.69, 9.17) is 9.97 Å². The average Bonchev–Trinajstić information content (AvgIpc) is 2.84. The van der Waals surface area contributed by atoms with Crippen molar-refractivity contribution in [3.63, 3.8) is 0 Å². The quantitative estimate of drug-likeness (QED) is 0.937. The predicted molar refractivity (Wildman–Crippen MR) is 85.4 cm³/mol. The molecule has 0 atom stereocenters. The average molecular weight is 281 g/mol. The van der Waals surface area contributed by atoms with E-state index in [1.807, 2.05) is 0 Å². The number of benzene rings is 1. The molecule has 0 saturated heterocycles. The number of hydrogen-bond acceptors (Lipinski definition) is 3. The van der Waals surface area contributed by atoms with Crippen LogP contribution in [-0.4, -0.2) is 9.97 Å². The van der Waals surface area contributed by atoms with Crippen molar-refractivity contribution in [3.05, 3.63) is 57.7 Å². The first-order valence-electron chi connectivity index (χ1n) is 7.69. The highest BCUT2D eigenvalue weighted by Crippen LogP contribution is 2.24. The first kappa shape index (κ1) is 14.2. The Kier molecular flexibility index (Phi) is 3.77. The van der Waals surface area contributed by atoms with E-state index < -0.39 is 0 Å². The van der Waals surface area contributed by atoms with Crippen molar-refractivity contribution in [2.45, 2.75) is 53.1 Å². The van der Waals surface area contributed by atoms with Crippen LogP contribution in [0.5, 0.6) is 0 Å². The Balaban J connectivity index is 1.97. The first-order chi connectivity index (χ1) is 10.0. The van der Waals surface area contributed by atoms with Crippen molar-refractivity contribution < 1.29 is 0 Å². The van der Waals surface area contributed by atoms with E-state index in [0.717, 1.165) is 25.3 Å². The molecule has 1 aliphatic rings. The Morgan fingerprint density at radius 3 is 2.43 bits per heavy atom. The topological polar surface area (TPSA) is 37.8 Å². The molecule has 0 unspecified atom stereocenters. The molecule has 21 heavy (non-hydrogen) atoms. The van der Waals surface area contributed by atoms with Gasteiger partial charge in [-0.3, -0.25) is 0 Å². The molecule has 1 aromatic carbocycles. The zero-order valence-electron chi connectivity index (χ0n) is 13.3. The molecule has 0 fully saturated rings. The highest BCUT2D eigenvalue weighted by molar-refractivity contribution is 5.34. The summed E-state index contributed by atoms with van der Waals surface area (Å²) in [4.78, 5) is 9.62. The molecule has 1 N–H and O–H groups in total. The minimum Gasteiger partial charge on any atom is -0.307 e. The van der Waals surface area contributed by atoms with Crippen LogP contribution in [0.25, 0.3) is 0 Å². The fourth-order valence-corrected chi connectivity index (χ4v) is 3.16. The van der Waals surface area contributed by atoms with Crippen LogP contribution in [0.1, 0.15) is 59.2 Å². The number of nitrogens with zero attached hydrogens (tertiary/aromatic N) is 2. The minimum atomic E-state index is 0.444. The zero-order valence-corrected chi connectivity index (χ0v) is 13.3. The maximum absolute atomic E-state index is 4.85. The van der Waals surface area contributed by atoms with Crippen molar-refractivity contribution in [1.82, 2.24) is 15.3 Å². The Bertz CT molecular complexity index is 654. The fraction of sp³-hybridized carbons (Fsp3) is 0.444. The molecule has 2 heterocycles. The van der Waals surface area contributed by atoms with Gasteiger partial charge in [-0.05, 0) is 25.3 Å². The summed E-state index contributed by atoms with van der Waals surface area (Å²) in [6, 6.07) is 6.67. The molecule has 0 spiro atoms. The van der Waals surface area contributed by atoms with Crippen molar-refractivity contribution in [2.24, 2.45) is 0 Å². The summed E-state index contributed by atoms with van der Waals surface area (Å²) in [5.41, 5.74) is 7.62. The second-order valence-corrected chi connectivity index (χ2v) is 6.38. The van der Waals surface area contributed by atoms with Crippen molar-refractivity contribution >= 4 is 0 Å². The Hall–Kier alpha value is -1.74. The Labute approximate surface area is 126 Å². The van der Waals surface area contributed by atoms with Gasteiger partial charge in [0.05, 0.1) is 11.4 Å². The largest absolute Gasteiger partial charge is 0.307 e. The van der Waals surface area contributed by atoms with Crippen LogP contribution >= 0.6 is 0 Å². The monoisotopic (exact) mass is 281 g/mol. The number of fused-ring (bicyclic) bond motifs is 1. The van der Waals surface area contributed by atoms with Crippen molar-refractivity contribution in [3.8, 4) is 0 Å². The molecule has 3 rings (SSSR count). The number of aromatic nitrogens is 2. The van der Waals surface area contributed by atoms with Crippen LogP contribution in [0.15, 0.2) is 18.2 Å². The SMILES string of the molecule is Cc1cc(C)cc(Cc2nc3c(c(C(C)C)n2)CNC3)c1. The molecule has 3 nitrogen and oxygen atoms in total. The zero-order chi connectivity index (χ0) is 15.0. The fourth-order valence-electron chi connectivity index (χ4n) is 3.16. The number of aryl methyl sites for hydroxylation is 2. The van der Waals surface area contributed by atoms with Crippen LogP contribution in [0.4, 0.5) is 0 Å². The van der Waals surface area contributed by atoms with Crippen LogP contribution in [0.2, 0.25) is 0 Å². The van der Waals surface area contributed by atoms with Crippen LogP contribution < -0.4 is 5.32 Å². The summed E-state index contributed by atoms with van der Waals surface area (Å²) >= 11 is 0. The van der Waals surface area contributed by atoms with E-state index in [-0.39, 0.29) is 0 Å². The minimum absolute atomic E-state index is 0.444. The molecule has 1 aliphatic heterocycles. The van der Waals surface area contributed by atoms with Gasteiger partial charge < -0.3 is 5.32 Å². The van der Waals surface area contributed by atoms with Gasteiger partial charge in [0.25, 0.3) is 0 Å². The molecule has 0 radical (unpaired) electrons. The first-order valence-corrected chi connectivity index (χ1v) is 7.69. The lowest BCUT2D eigenvalue weighted by Gasteiger charge is -2.12. The van der Waals surface area contributed by atoms with Gasteiger partial charge in [-0.1, -0.05) is 43.2 Å². The summed E-state index contributed by atoms with van der Waals surface area (Å²) in [5, 5.41) is 3.39. The lowest BCUT2D eigenvalue weighted by atomic mass is 10.0. The van der Waals surface area contributed by atoms with Gasteiger partial charge in [-0.25, -0.2) is 9.97 Å². The molecular weight excluding hydrogens is 258 g/mol. The molecule has 1 aromatic heterocycles. The van der Waals surface area contributed by atoms with Crippen molar-refractivity contribution in [2.75, 3.05) is 0 Å². The predicted octanol–water partition coefficient (Wildman–Crippen LogP) is 3.41. The molecule has 0 aliphatic carbocycles. The lowest BCUT2D eigenvalue weighted by Crippen LogP contribution is -2.08. The van der Waals surface area contributed by atoms with Crippen LogP contribution in [-0.2, 0) is 19.5 Å². The number of hydrogen-bond donors (Lipinski definition) is 1. The van der Waals surface area contributed by atoms with E-state index in [1.165, 1.54) is 33.6 Å². The van der Waals surface area contributed by atoms with Gasteiger partial charge >= 0.3 is 0 Å². The van der Waals surface area contributed by atoms with Gasteiger partial charge in [0.2, 0.25) is 0 Å². The molecule has 0 bridgehead atoms. The third-order valence-corrected chi connectivity index (χ3v) is 3.96. The smallest absolute Gasteiger partial charge is 0.133 e. The maximum Gasteiger partial charge on any atom is 0.133 e. The molecule has 3 heteroatoms. The molecule has 110 valence electrons. The third-order valence-electron chi connectivity index (χ3n) is 3.96. The van der Waals surface area contributed by atoms with E-state index in [2.05, 4.69) is 51.2 Å². The normalized spacial score (nSPS) is 13.8. The van der Waals surface area contributed by atoms with E-state index in [9.17, 15) is 0 Å². The second-order valence-electron chi connectivity index (χ2n) is 6.38. The van der Waals surface area contributed by atoms with E-state index in [0.29, 0.717) is 5.92 Å². The highest BCUT2D eigenvalue weighted by Gasteiger charge is 2.20. The van der Waals surface area contributed by atoms with Crippen molar-refractivity contribution in [1.29, 1.82) is 0 Å². The van der Waals surface area contributed by atoms with Gasteiger partial charge in [-0.2, -0.15) is 0 Å². The van der Waals surface area contributed by atoms with Gasteiger partial charge in [0.15, 0.2) is 0 Å². The molecule has 0 amide bonds. The summed E-state index contributed by atoms with van der Waals surface area (Å²) in [6.07, 6.45) is 0.815. The van der Waals surface area contributed by atoms with Gasteiger partial charge in [0.1, 0.15) is 5.82 Å². The standard InChI is InChI=1S/C18H23N3/c1-11(2)18-15-9-19-10-16(15)20-17(21-18)8-14-6-12(3)5-13(4)7-14/h5-7,11,19H,8-10H2,1-4H3. The van der Waals surface area contributed by atoms with E-state index >= 15 is 0 Å². The third kappa shape index (κ3) is 2.98. The molecular formula is C18H23N3. The highest BCUT2D eigenvalue weighted by atomic mass is 15.0. The second kappa shape index (κ2) is 5.57. The lowest BCUT2D eigenvalue weighted by molar-refractivity contribution is 0.745. The molecule has 2 aromatic rings.